The van der Waals surface area contributed by atoms with E-state index in [2.05, 4.69) is 12.2 Å². The molecular weight excluding hydrogens is 310 g/mol. The van der Waals surface area contributed by atoms with Crippen LogP contribution in [0.5, 0.6) is 0 Å². The van der Waals surface area contributed by atoms with Crippen LogP contribution in [0.2, 0.25) is 0 Å². The molecule has 1 N–H and O–H groups in total. The molecule has 132 valence electrons. The number of hydrogen-bond donors (Lipinski definition) is 1. The highest BCUT2D eigenvalue weighted by Crippen LogP contribution is 2.33. The molecule has 1 aliphatic heterocycles. The maximum Gasteiger partial charge on any atom is 0.225 e. The van der Waals surface area contributed by atoms with E-state index in [1.54, 1.807) is 6.92 Å². The number of nitrogens with zero attached hydrogens (tertiary/aromatic N) is 1. The van der Waals surface area contributed by atoms with Gasteiger partial charge in [0.1, 0.15) is 11.6 Å². The van der Waals surface area contributed by atoms with Crippen molar-refractivity contribution in [2.75, 3.05) is 13.1 Å². The molecule has 5 heteroatoms. The van der Waals surface area contributed by atoms with Gasteiger partial charge in [-0.2, -0.15) is 0 Å². The fraction of sp³-hybridized carbons (Fsp3) is 0.632. The molecule has 1 saturated carbocycles. The minimum Gasteiger partial charge on any atom is -0.342 e. The first kappa shape index (κ1) is 17.3. The van der Waals surface area contributed by atoms with E-state index in [1.807, 2.05) is 4.90 Å². The van der Waals surface area contributed by atoms with Crippen LogP contribution < -0.4 is 5.32 Å². The van der Waals surface area contributed by atoms with E-state index < -0.39 is 17.7 Å². The van der Waals surface area contributed by atoms with Gasteiger partial charge < -0.3 is 10.2 Å². The van der Waals surface area contributed by atoms with Gasteiger partial charge in [0.25, 0.3) is 0 Å². The molecule has 0 spiro atoms. The first-order valence-electron chi connectivity index (χ1n) is 9.00. The maximum atomic E-state index is 14.0. The van der Waals surface area contributed by atoms with E-state index in [1.165, 1.54) is 18.2 Å². The Kier molecular flexibility index (Phi) is 5.18. The highest BCUT2D eigenvalue weighted by molar-refractivity contribution is 5.81. The third kappa shape index (κ3) is 3.61. The molecule has 24 heavy (non-hydrogen) atoms. The summed E-state index contributed by atoms with van der Waals surface area (Å²) in [6.07, 6.45) is 3.82. The lowest BCUT2D eigenvalue weighted by molar-refractivity contribution is -0.134. The molecular formula is C19H26F2N2O. The second kappa shape index (κ2) is 7.18. The van der Waals surface area contributed by atoms with Gasteiger partial charge in [-0.1, -0.05) is 19.4 Å². The molecule has 1 heterocycles. The summed E-state index contributed by atoms with van der Waals surface area (Å²) in [6.45, 7) is 5.39. The molecule has 0 unspecified atom stereocenters. The second-order valence-corrected chi connectivity index (χ2v) is 7.15. The molecule has 3 atom stereocenters. The van der Waals surface area contributed by atoms with E-state index in [0.717, 1.165) is 38.8 Å². The normalized spacial score (nSPS) is 25.6. The summed E-state index contributed by atoms with van der Waals surface area (Å²) in [7, 11) is 0. The first-order valence-corrected chi connectivity index (χ1v) is 9.00. The first-order chi connectivity index (χ1) is 11.5. The molecule has 1 amide bonds. The molecule has 1 aromatic rings. The highest BCUT2D eigenvalue weighted by Gasteiger charge is 2.38. The smallest absolute Gasteiger partial charge is 0.225 e. The van der Waals surface area contributed by atoms with Crippen molar-refractivity contribution in [1.82, 2.24) is 10.2 Å². The number of likely N-dealkylation sites (tertiary alicyclic amines) is 1. The highest BCUT2D eigenvalue weighted by atomic mass is 19.1. The maximum absolute atomic E-state index is 14.0. The van der Waals surface area contributed by atoms with Crippen LogP contribution in [-0.4, -0.2) is 29.9 Å². The van der Waals surface area contributed by atoms with E-state index in [0.29, 0.717) is 11.8 Å². The lowest BCUT2D eigenvalue weighted by Crippen LogP contribution is -2.51. The Hall–Kier alpha value is -1.49. The van der Waals surface area contributed by atoms with Crippen LogP contribution in [-0.2, 0) is 4.79 Å². The van der Waals surface area contributed by atoms with Crippen LogP contribution in [0, 0.1) is 23.5 Å². The van der Waals surface area contributed by atoms with Crippen molar-refractivity contribution >= 4 is 5.91 Å². The van der Waals surface area contributed by atoms with Gasteiger partial charge >= 0.3 is 0 Å². The Balaban J connectivity index is 1.65. The molecule has 0 radical (unpaired) electrons. The number of benzene rings is 1. The lowest BCUT2D eigenvalue weighted by atomic mass is 9.88. The SMILES string of the molecule is CC[C@@H]1CN(C(=O)C2CC2)CC[C@H]1N[C@@H](C)c1c(F)cccc1F. The predicted octanol–water partition coefficient (Wildman–Crippen LogP) is 3.65. The molecule has 2 aliphatic rings. The molecule has 2 fully saturated rings. The molecule has 1 aliphatic carbocycles. The van der Waals surface area contributed by atoms with E-state index in [9.17, 15) is 13.6 Å². The van der Waals surface area contributed by atoms with Gasteiger partial charge in [-0.25, -0.2) is 8.78 Å². The third-order valence-electron chi connectivity index (χ3n) is 5.39. The van der Waals surface area contributed by atoms with Gasteiger partial charge in [-0.3, -0.25) is 4.79 Å². The minimum atomic E-state index is -0.510. The zero-order chi connectivity index (χ0) is 17.3. The molecule has 0 bridgehead atoms. The second-order valence-electron chi connectivity index (χ2n) is 7.15. The molecule has 3 rings (SSSR count). The van der Waals surface area contributed by atoms with E-state index >= 15 is 0 Å². The molecule has 1 saturated heterocycles. The van der Waals surface area contributed by atoms with Crippen molar-refractivity contribution in [1.29, 1.82) is 0 Å². The number of hydrogen-bond acceptors (Lipinski definition) is 2. The number of amides is 1. The van der Waals surface area contributed by atoms with Crippen LogP contribution in [0.1, 0.15) is 51.1 Å². The van der Waals surface area contributed by atoms with Gasteiger partial charge in [-0.05, 0) is 44.2 Å². The standard InChI is InChI=1S/C19H26F2N2O/c1-3-13-11-23(19(24)14-7-8-14)10-9-17(13)22-12(2)18-15(20)5-4-6-16(18)21/h4-6,12-14,17,22H,3,7-11H2,1-2H3/t12-,13+,17+/m0/s1. The number of carbonyl (C=O) groups excluding carboxylic acids is 1. The zero-order valence-electron chi connectivity index (χ0n) is 14.4. The number of rotatable bonds is 5. The van der Waals surface area contributed by atoms with Crippen molar-refractivity contribution in [2.24, 2.45) is 11.8 Å². The van der Waals surface area contributed by atoms with Crippen molar-refractivity contribution in [3.8, 4) is 0 Å². The predicted molar refractivity (Wildman–Crippen MR) is 89.4 cm³/mol. The van der Waals surface area contributed by atoms with Gasteiger partial charge in [0.15, 0.2) is 0 Å². The van der Waals surface area contributed by atoms with Crippen LogP contribution in [0.25, 0.3) is 0 Å². The Labute approximate surface area is 142 Å². The summed E-state index contributed by atoms with van der Waals surface area (Å²) in [4.78, 5) is 14.3. The number of nitrogens with one attached hydrogen (secondary N) is 1. The van der Waals surface area contributed by atoms with Crippen LogP contribution in [0.15, 0.2) is 18.2 Å². The summed E-state index contributed by atoms with van der Waals surface area (Å²) < 4.78 is 27.9. The number of halogens is 2. The van der Waals surface area contributed by atoms with Crippen molar-refractivity contribution < 1.29 is 13.6 Å². The summed E-state index contributed by atoms with van der Waals surface area (Å²) >= 11 is 0. The van der Waals surface area contributed by atoms with Crippen LogP contribution in [0.3, 0.4) is 0 Å². The zero-order valence-corrected chi connectivity index (χ0v) is 14.4. The monoisotopic (exact) mass is 336 g/mol. The van der Waals surface area contributed by atoms with Gasteiger partial charge in [0, 0.05) is 36.7 Å². The van der Waals surface area contributed by atoms with E-state index in [-0.39, 0.29) is 17.5 Å². The summed E-state index contributed by atoms with van der Waals surface area (Å²) in [5, 5.41) is 3.40. The van der Waals surface area contributed by atoms with E-state index in [4.69, 9.17) is 0 Å². The van der Waals surface area contributed by atoms with Crippen LogP contribution in [0.4, 0.5) is 8.78 Å². The Bertz CT molecular complexity index is 583. The molecule has 0 aromatic heterocycles. The minimum absolute atomic E-state index is 0.101. The van der Waals surface area contributed by atoms with Gasteiger partial charge in [0.05, 0.1) is 0 Å². The van der Waals surface area contributed by atoms with Crippen molar-refractivity contribution in [3.05, 3.63) is 35.4 Å². The van der Waals surface area contributed by atoms with Crippen molar-refractivity contribution in [2.45, 2.75) is 51.6 Å². The Morgan fingerprint density at radius 1 is 1.29 bits per heavy atom. The van der Waals surface area contributed by atoms with Crippen molar-refractivity contribution in [3.63, 3.8) is 0 Å². The number of piperidine rings is 1. The van der Waals surface area contributed by atoms with Gasteiger partial charge in [0.2, 0.25) is 5.91 Å². The topological polar surface area (TPSA) is 32.3 Å². The Morgan fingerprint density at radius 2 is 1.96 bits per heavy atom. The quantitative estimate of drug-likeness (QED) is 0.890. The summed E-state index contributed by atoms with van der Waals surface area (Å²) in [6, 6.07) is 3.76. The summed E-state index contributed by atoms with van der Waals surface area (Å²) in [5.74, 6) is -0.161. The fourth-order valence-corrected chi connectivity index (χ4v) is 3.78. The molecule has 1 aromatic carbocycles. The van der Waals surface area contributed by atoms with Gasteiger partial charge in [-0.15, -0.1) is 0 Å². The fourth-order valence-electron chi connectivity index (χ4n) is 3.78. The largest absolute Gasteiger partial charge is 0.342 e. The Morgan fingerprint density at radius 3 is 2.54 bits per heavy atom. The molecule has 3 nitrogen and oxygen atoms in total. The number of carbonyl (C=O) groups is 1. The third-order valence-corrected chi connectivity index (χ3v) is 5.39. The lowest BCUT2D eigenvalue weighted by Gasteiger charge is -2.40. The van der Waals surface area contributed by atoms with Crippen LogP contribution >= 0.6 is 0 Å². The average Bonchev–Trinajstić information content (AvgIpc) is 3.39. The summed E-state index contributed by atoms with van der Waals surface area (Å²) in [5.41, 5.74) is 0.101. The average molecular weight is 336 g/mol.